The van der Waals surface area contributed by atoms with Gasteiger partial charge in [0.15, 0.2) is 0 Å². The molecule has 0 radical (unpaired) electrons. The van der Waals surface area contributed by atoms with Gasteiger partial charge in [-0.1, -0.05) is 105 Å². The number of allylic oxidation sites excluding steroid dienone is 1. The average molecular weight is 670 g/mol. The van der Waals surface area contributed by atoms with Gasteiger partial charge >= 0.3 is 5.97 Å². The van der Waals surface area contributed by atoms with E-state index in [1.54, 1.807) is 24.0 Å². The zero-order valence-corrected chi connectivity index (χ0v) is 28.3. The third-order valence-corrected chi connectivity index (χ3v) is 10.3. The molecule has 49 heavy (non-hydrogen) atoms. The molecule has 2 aromatic carbocycles. The third kappa shape index (κ3) is 6.81. The van der Waals surface area contributed by atoms with Crippen LogP contribution in [0.3, 0.4) is 0 Å². The first-order valence-electron chi connectivity index (χ1n) is 17.6. The minimum Gasteiger partial charge on any atom is -0.455 e. The van der Waals surface area contributed by atoms with E-state index in [0.29, 0.717) is 31.5 Å². The zero-order valence-electron chi connectivity index (χ0n) is 28.3. The summed E-state index contributed by atoms with van der Waals surface area (Å²) >= 11 is 0. The number of aliphatic hydroxyl groups excluding tert-OH is 1. The van der Waals surface area contributed by atoms with E-state index in [0.717, 1.165) is 24.8 Å². The predicted octanol–water partition coefficient (Wildman–Crippen LogP) is 3.90. The molecule has 4 aliphatic rings. The van der Waals surface area contributed by atoms with Crippen molar-refractivity contribution < 1.29 is 33.8 Å². The Labute approximate surface area is 288 Å². The summed E-state index contributed by atoms with van der Waals surface area (Å²) < 4.78 is 13.1. The summed E-state index contributed by atoms with van der Waals surface area (Å²) in [6.07, 6.45) is 9.21. The van der Waals surface area contributed by atoms with Crippen molar-refractivity contribution in [2.24, 2.45) is 11.8 Å². The normalized spacial score (nSPS) is 31.4. The summed E-state index contributed by atoms with van der Waals surface area (Å²) in [5, 5.41) is 13.8. The Hall–Kier alpha value is -4.28. The molecule has 4 heterocycles. The van der Waals surface area contributed by atoms with Crippen LogP contribution >= 0.6 is 0 Å². The molecule has 2 fully saturated rings. The largest absolute Gasteiger partial charge is 0.455 e. The third-order valence-electron chi connectivity index (χ3n) is 10.3. The maximum atomic E-state index is 14.9. The van der Waals surface area contributed by atoms with Crippen molar-refractivity contribution in [3.63, 3.8) is 0 Å². The lowest BCUT2D eigenvalue weighted by atomic mass is 9.77. The molecular formula is C39H47N3O7. The molecule has 0 saturated carbocycles. The number of ether oxygens (including phenoxy) is 2. The molecule has 2 aromatic rings. The number of rotatable bonds is 9. The molecule has 10 heteroatoms. The Kier molecular flexibility index (Phi) is 10.6. The van der Waals surface area contributed by atoms with Gasteiger partial charge in [0, 0.05) is 19.5 Å². The summed E-state index contributed by atoms with van der Waals surface area (Å²) in [7, 11) is 0. The number of benzene rings is 2. The van der Waals surface area contributed by atoms with E-state index in [9.17, 15) is 24.3 Å². The fraction of sp³-hybridized carbons (Fsp3) is 0.487. The maximum absolute atomic E-state index is 14.9. The number of amides is 3. The van der Waals surface area contributed by atoms with Gasteiger partial charge in [0.2, 0.25) is 17.7 Å². The number of esters is 1. The molecule has 1 spiro atoms. The molecule has 260 valence electrons. The van der Waals surface area contributed by atoms with Crippen LogP contribution in [0.15, 0.2) is 85.0 Å². The minimum absolute atomic E-state index is 0.172. The molecule has 0 bridgehead atoms. The van der Waals surface area contributed by atoms with Crippen molar-refractivity contribution in [1.29, 1.82) is 0 Å². The van der Waals surface area contributed by atoms with Gasteiger partial charge in [0.05, 0.1) is 30.7 Å². The highest BCUT2D eigenvalue weighted by Gasteiger charge is 2.72. The van der Waals surface area contributed by atoms with Gasteiger partial charge in [0.25, 0.3) is 0 Å². The predicted molar refractivity (Wildman–Crippen MR) is 183 cm³/mol. The first kappa shape index (κ1) is 34.6. The summed E-state index contributed by atoms with van der Waals surface area (Å²) in [6.45, 7) is 4.39. The Morgan fingerprint density at radius 2 is 1.71 bits per heavy atom. The van der Waals surface area contributed by atoms with E-state index in [1.165, 1.54) is 4.90 Å². The first-order chi connectivity index (χ1) is 23.8. The smallest absolute Gasteiger partial charge is 0.313 e. The lowest BCUT2D eigenvalue weighted by Gasteiger charge is -2.38. The Morgan fingerprint density at radius 1 is 0.980 bits per heavy atom. The molecule has 10 nitrogen and oxygen atoms in total. The fourth-order valence-electron chi connectivity index (χ4n) is 7.97. The van der Waals surface area contributed by atoms with E-state index in [4.69, 9.17) is 9.47 Å². The number of carbonyl (C=O) groups is 4. The van der Waals surface area contributed by atoms with Crippen LogP contribution in [0.5, 0.6) is 0 Å². The van der Waals surface area contributed by atoms with Gasteiger partial charge in [0.1, 0.15) is 23.7 Å². The number of hydrogen-bond donors (Lipinski definition) is 2. The number of carbonyl (C=O) groups excluding carboxylic acids is 4. The summed E-state index contributed by atoms with van der Waals surface area (Å²) in [6, 6.07) is 16.4. The number of nitrogens with zero attached hydrogens (tertiary/aromatic N) is 2. The number of hydrogen-bond acceptors (Lipinski definition) is 7. The van der Waals surface area contributed by atoms with Crippen molar-refractivity contribution in [1.82, 2.24) is 15.1 Å². The zero-order chi connectivity index (χ0) is 34.5. The molecule has 2 saturated heterocycles. The number of aliphatic hydroxyl groups is 1. The summed E-state index contributed by atoms with van der Waals surface area (Å²) in [5.74, 6) is -3.66. The summed E-state index contributed by atoms with van der Waals surface area (Å²) in [4.78, 5) is 60.2. The van der Waals surface area contributed by atoms with Gasteiger partial charge in [-0.3, -0.25) is 19.2 Å². The lowest BCUT2D eigenvalue weighted by Crippen LogP contribution is -2.58. The lowest BCUT2D eigenvalue weighted by molar-refractivity contribution is -0.162. The second-order valence-electron chi connectivity index (χ2n) is 13.6. The Bertz CT molecular complexity index is 1560. The highest BCUT2D eigenvalue weighted by molar-refractivity contribution is 5.99. The van der Waals surface area contributed by atoms with Crippen LogP contribution in [0, 0.1) is 11.8 Å². The highest BCUT2D eigenvalue weighted by atomic mass is 16.6. The van der Waals surface area contributed by atoms with Gasteiger partial charge in [-0.2, -0.15) is 0 Å². The molecule has 0 unspecified atom stereocenters. The van der Waals surface area contributed by atoms with Crippen LogP contribution in [0.4, 0.5) is 0 Å². The number of likely N-dealkylation sites (tertiary alicyclic amines) is 1. The molecule has 0 aliphatic carbocycles. The molecular weight excluding hydrogens is 622 g/mol. The number of cyclic esters (lactones) is 1. The molecule has 8 atom stereocenters. The van der Waals surface area contributed by atoms with Crippen LogP contribution in [0.2, 0.25) is 0 Å². The number of nitrogens with one attached hydrogen (secondary N) is 1. The van der Waals surface area contributed by atoms with E-state index >= 15 is 0 Å². The average Bonchev–Trinajstić information content (AvgIpc) is 3.50. The molecule has 3 amide bonds. The maximum Gasteiger partial charge on any atom is 0.313 e. The van der Waals surface area contributed by atoms with Gasteiger partial charge in [-0.05, 0) is 37.3 Å². The van der Waals surface area contributed by atoms with Crippen LogP contribution in [-0.2, 0) is 35.1 Å². The number of unbranched alkanes of at least 4 members (excludes halogenated alkanes) is 2. The second kappa shape index (κ2) is 15.1. The van der Waals surface area contributed by atoms with Crippen molar-refractivity contribution in [2.75, 3.05) is 19.7 Å². The van der Waals surface area contributed by atoms with Crippen LogP contribution in [-0.4, -0.2) is 88.1 Å². The highest BCUT2D eigenvalue weighted by Crippen LogP contribution is 2.54. The Balaban J connectivity index is 1.44. The molecule has 4 aliphatic heterocycles. The molecule has 0 aromatic heterocycles. The van der Waals surface area contributed by atoms with Crippen molar-refractivity contribution in [2.45, 2.75) is 88.3 Å². The Morgan fingerprint density at radius 3 is 2.43 bits per heavy atom. The first-order valence-corrected chi connectivity index (χ1v) is 17.6. The SMILES string of the molecule is CCCCCN1CC=C[C@@]23O[C@H]4/C=C\CCC(=O)N[C@@H](C)[C@H](c5ccccc5)OC(=O)[C@H]4[C@@H]2C(=O)N([C@@H](CO)Cc2ccccc2)[C@H]3C1=O. The van der Waals surface area contributed by atoms with Gasteiger partial charge in [-0.25, -0.2) is 0 Å². The molecule has 2 N–H and O–H groups in total. The van der Waals surface area contributed by atoms with Gasteiger partial charge in [-0.15, -0.1) is 0 Å². The van der Waals surface area contributed by atoms with E-state index < -0.39 is 59.6 Å². The fourth-order valence-corrected chi connectivity index (χ4v) is 7.97. The van der Waals surface area contributed by atoms with Crippen LogP contribution < -0.4 is 5.32 Å². The van der Waals surface area contributed by atoms with E-state index in [-0.39, 0.29) is 24.8 Å². The van der Waals surface area contributed by atoms with Crippen molar-refractivity contribution >= 4 is 23.7 Å². The van der Waals surface area contributed by atoms with E-state index in [2.05, 4.69) is 12.2 Å². The quantitative estimate of drug-likeness (QED) is 0.236. The number of fused-ring (bicyclic) bond motifs is 2. The standard InChI is InChI=1S/C39H47N3O7/c1-3-4-13-22-41-23-14-21-39-33(36(45)42(35(39)37(41)46)29(25-43)24-27-15-7-5-8-16-27)32-30(49-39)19-11-12-20-31(44)40-26(2)34(48-38(32)47)28-17-9-6-10-18-28/h5-11,14-19,21,26,29-30,32-35,43H,3-4,12-13,20,22-25H2,1-2H3,(H,40,44)/b19-11-/t26-,29+,30-,32+,33+,34+,35-,39+/m0/s1. The van der Waals surface area contributed by atoms with Gasteiger partial charge < -0.3 is 29.7 Å². The summed E-state index contributed by atoms with van der Waals surface area (Å²) in [5.41, 5.74) is 0.137. The van der Waals surface area contributed by atoms with Crippen molar-refractivity contribution in [3.05, 3.63) is 96.1 Å². The van der Waals surface area contributed by atoms with Crippen LogP contribution in [0.1, 0.15) is 63.2 Å². The van der Waals surface area contributed by atoms with E-state index in [1.807, 2.05) is 72.8 Å². The molecule has 6 rings (SSSR count). The van der Waals surface area contributed by atoms with Crippen molar-refractivity contribution in [3.8, 4) is 0 Å². The monoisotopic (exact) mass is 669 g/mol. The van der Waals surface area contributed by atoms with Crippen LogP contribution in [0.25, 0.3) is 0 Å². The topological polar surface area (TPSA) is 125 Å². The minimum atomic E-state index is -1.47. The second-order valence-corrected chi connectivity index (χ2v) is 13.6.